The van der Waals surface area contributed by atoms with Crippen LogP contribution in [0.25, 0.3) is 22.6 Å². The molecule has 3 rings (SSSR count). The van der Waals surface area contributed by atoms with Crippen LogP contribution < -0.4 is 4.74 Å². The van der Waals surface area contributed by atoms with Gasteiger partial charge in [-0.05, 0) is 31.2 Å². The first-order valence-corrected chi connectivity index (χ1v) is 6.53. The molecule has 0 unspecified atom stereocenters. The van der Waals surface area contributed by atoms with Crippen molar-refractivity contribution >= 4 is 22.8 Å². The van der Waals surface area contributed by atoms with Gasteiger partial charge in [0.2, 0.25) is 5.88 Å². The van der Waals surface area contributed by atoms with Gasteiger partial charge in [0.1, 0.15) is 11.6 Å². The molecular weight excluding hydrogens is 278 g/mol. The van der Waals surface area contributed by atoms with Crippen molar-refractivity contribution < 1.29 is 9.84 Å². The minimum absolute atomic E-state index is 0.0709. The standard InChI is InChI=1S/C14H12ClN3O2/c1-2-20-12-6-5-10-14(17-12)18-13(16-10)9-4-3-8(15)7-11(9)19/h3-7,19H,2H2,1H3,(H,16,17,18). The predicted molar refractivity (Wildman–Crippen MR) is 77.2 cm³/mol. The normalized spacial score (nSPS) is 10.9. The topological polar surface area (TPSA) is 71.0 Å². The van der Waals surface area contributed by atoms with Crippen LogP contribution in [0.5, 0.6) is 11.6 Å². The third-order valence-electron chi connectivity index (χ3n) is 2.83. The largest absolute Gasteiger partial charge is 0.507 e. The molecule has 0 spiro atoms. The van der Waals surface area contributed by atoms with E-state index in [4.69, 9.17) is 16.3 Å². The highest BCUT2D eigenvalue weighted by Crippen LogP contribution is 2.30. The van der Waals surface area contributed by atoms with Gasteiger partial charge in [-0.15, -0.1) is 0 Å². The maximum Gasteiger partial charge on any atom is 0.215 e. The van der Waals surface area contributed by atoms with Gasteiger partial charge in [-0.25, -0.2) is 4.98 Å². The lowest BCUT2D eigenvalue weighted by Gasteiger charge is -2.00. The summed E-state index contributed by atoms with van der Waals surface area (Å²) in [6.07, 6.45) is 0. The molecule has 0 bridgehead atoms. The van der Waals surface area contributed by atoms with Crippen molar-refractivity contribution in [2.24, 2.45) is 0 Å². The molecule has 0 fully saturated rings. The Bertz CT molecular complexity index is 770. The molecule has 20 heavy (non-hydrogen) atoms. The monoisotopic (exact) mass is 289 g/mol. The lowest BCUT2D eigenvalue weighted by atomic mass is 10.2. The van der Waals surface area contributed by atoms with Crippen LogP contribution in [0.3, 0.4) is 0 Å². The van der Waals surface area contributed by atoms with Gasteiger partial charge >= 0.3 is 0 Å². The summed E-state index contributed by atoms with van der Waals surface area (Å²) in [4.78, 5) is 11.8. The fourth-order valence-corrected chi connectivity index (χ4v) is 2.10. The Kier molecular flexibility index (Phi) is 3.20. The third kappa shape index (κ3) is 2.28. The summed E-state index contributed by atoms with van der Waals surface area (Å²) in [5.41, 5.74) is 1.89. The number of hydrogen-bond donors (Lipinski definition) is 2. The van der Waals surface area contributed by atoms with E-state index in [0.717, 1.165) is 5.52 Å². The van der Waals surface area contributed by atoms with Gasteiger partial charge in [0.05, 0.1) is 17.7 Å². The molecule has 0 amide bonds. The van der Waals surface area contributed by atoms with Crippen LogP contribution >= 0.6 is 11.6 Å². The van der Waals surface area contributed by atoms with Gasteiger partial charge in [0.25, 0.3) is 0 Å². The van der Waals surface area contributed by atoms with Crippen LogP contribution in [0.15, 0.2) is 30.3 Å². The second-order valence-electron chi connectivity index (χ2n) is 4.20. The van der Waals surface area contributed by atoms with E-state index < -0.39 is 0 Å². The zero-order valence-corrected chi connectivity index (χ0v) is 11.5. The number of ether oxygens (including phenoxy) is 1. The fraction of sp³-hybridized carbons (Fsp3) is 0.143. The van der Waals surface area contributed by atoms with Crippen LogP contribution in [-0.4, -0.2) is 26.7 Å². The lowest BCUT2D eigenvalue weighted by molar-refractivity contribution is 0.328. The fourth-order valence-electron chi connectivity index (χ4n) is 1.94. The number of fused-ring (bicyclic) bond motifs is 1. The highest BCUT2D eigenvalue weighted by Gasteiger charge is 2.11. The number of aromatic nitrogens is 3. The van der Waals surface area contributed by atoms with E-state index in [-0.39, 0.29) is 5.75 Å². The molecule has 0 radical (unpaired) electrons. The highest BCUT2D eigenvalue weighted by atomic mass is 35.5. The number of H-pyrrole nitrogens is 1. The number of benzene rings is 1. The van der Waals surface area contributed by atoms with Crippen molar-refractivity contribution in [1.82, 2.24) is 15.0 Å². The number of halogens is 1. The Labute approximate surface area is 120 Å². The smallest absolute Gasteiger partial charge is 0.215 e. The van der Waals surface area contributed by atoms with Crippen LogP contribution in [-0.2, 0) is 0 Å². The summed E-state index contributed by atoms with van der Waals surface area (Å²) in [5.74, 6) is 1.13. The summed E-state index contributed by atoms with van der Waals surface area (Å²) in [7, 11) is 0. The average Bonchev–Trinajstić information content (AvgIpc) is 2.81. The summed E-state index contributed by atoms with van der Waals surface area (Å²) in [6, 6.07) is 8.50. The molecule has 3 aromatic rings. The summed E-state index contributed by atoms with van der Waals surface area (Å²) < 4.78 is 5.34. The molecule has 0 atom stereocenters. The molecular formula is C14H12ClN3O2. The zero-order chi connectivity index (χ0) is 14.1. The van der Waals surface area contributed by atoms with E-state index in [2.05, 4.69) is 15.0 Å². The molecule has 0 aliphatic carbocycles. The van der Waals surface area contributed by atoms with Gasteiger partial charge in [-0.3, -0.25) is 0 Å². The van der Waals surface area contributed by atoms with Crippen LogP contribution in [0, 0.1) is 0 Å². The minimum Gasteiger partial charge on any atom is -0.507 e. The Balaban J connectivity index is 2.08. The second-order valence-corrected chi connectivity index (χ2v) is 4.64. The molecule has 2 N–H and O–H groups in total. The SMILES string of the molecule is CCOc1ccc2[nH]c(-c3ccc(Cl)cc3O)nc2n1. The lowest BCUT2D eigenvalue weighted by Crippen LogP contribution is -1.93. The van der Waals surface area contributed by atoms with Gasteiger partial charge in [0, 0.05) is 11.1 Å². The van der Waals surface area contributed by atoms with Gasteiger partial charge in [0.15, 0.2) is 5.65 Å². The number of phenols is 1. The first-order chi connectivity index (χ1) is 9.67. The Morgan fingerprint density at radius 3 is 2.85 bits per heavy atom. The number of pyridine rings is 1. The van der Waals surface area contributed by atoms with E-state index in [9.17, 15) is 5.11 Å². The van der Waals surface area contributed by atoms with E-state index in [0.29, 0.717) is 34.5 Å². The average molecular weight is 290 g/mol. The van der Waals surface area contributed by atoms with Crippen LogP contribution in [0.1, 0.15) is 6.92 Å². The first-order valence-electron chi connectivity index (χ1n) is 6.16. The number of imidazole rings is 1. The predicted octanol–water partition coefficient (Wildman–Crippen LogP) is 3.38. The van der Waals surface area contributed by atoms with Crippen LogP contribution in [0.2, 0.25) is 5.02 Å². The number of phenolic OH excluding ortho intramolecular Hbond substituents is 1. The first kappa shape index (κ1) is 12.7. The summed E-state index contributed by atoms with van der Waals surface area (Å²) in [5, 5.41) is 10.4. The Hall–Kier alpha value is -2.27. The molecule has 0 aliphatic rings. The van der Waals surface area contributed by atoms with Crippen molar-refractivity contribution in [2.75, 3.05) is 6.61 Å². The number of rotatable bonds is 3. The van der Waals surface area contributed by atoms with Gasteiger partial charge in [-0.2, -0.15) is 4.98 Å². The van der Waals surface area contributed by atoms with Gasteiger partial charge < -0.3 is 14.8 Å². The van der Waals surface area contributed by atoms with Crippen molar-refractivity contribution in [3.8, 4) is 23.0 Å². The zero-order valence-electron chi connectivity index (χ0n) is 10.7. The van der Waals surface area contributed by atoms with E-state index >= 15 is 0 Å². The molecule has 1 aromatic carbocycles. The molecule has 5 nitrogen and oxygen atoms in total. The van der Waals surface area contributed by atoms with Crippen LogP contribution in [0.4, 0.5) is 0 Å². The summed E-state index contributed by atoms with van der Waals surface area (Å²) >= 11 is 5.82. The number of aromatic hydroxyl groups is 1. The van der Waals surface area contributed by atoms with Crippen molar-refractivity contribution in [2.45, 2.75) is 6.92 Å². The molecule has 6 heteroatoms. The maximum atomic E-state index is 9.92. The number of nitrogens with zero attached hydrogens (tertiary/aromatic N) is 2. The molecule has 0 aliphatic heterocycles. The molecule has 2 heterocycles. The Morgan fingerprint density at radius 2 is 2.10 bits per heavy atom. The Morgan fingerprint density at radius 1 is 1.25 bits per heavy atom. The quantitative estimate of drug-likeness (QED) is 0.775. The van der Waals surface area contributed by atoms with Gasteiger partial charge in [-0.1, -0.05) is 11.6 Å². The molecule has 102 valence electrons. The van der Waals surface area contributed by atoms with E-state index in [1.807, 2.05) is 13.0 Å². The van der Waals surface area contributed by atoms with E-state index in [1.165, 1.54) is 6.07 Å². The molecule has 2 aromatic heterocycles. The third-order valence-corrected chi connectivity index (χ3v) is 3.06. The number of hydrogen-bond acceptors (Lipinski definition) is 4. The highest BCUT2D eigenvalue weighted by molar-refractivity contribution is 6.30. The molecule has 0 saturated heterocycles. The van der Waals surface area contributed by atoms with Crippen molar-refractivity contribution in [3.05, 3.63) is 35.4 Å². The second kappa shape index (κ2) is 5.02. The molecule has 0 saturated carbocycles. The number of nitrogens with one attached hydrogen (secondary N) is 1. The minimum atomic E-state index is 0.0709. The summed E-state index contributed by atoms with van der Waals surface area (Å²) in [6.45, 7) is 2.45. The maximum absolute atomic E-state index is 9.92. The van der Waals surface area contributed by atoms with Crippen molar-refractivity contribution in [3.63, 3.8) is 0 Å². The number of aromatic amines is 1. The van der Waals surface area contributed by atoms with Crippen molar-refractivity contribution in [1.29, 1.82) is 0 Å². The van der Waals surface area contributed by atoms with E-state index in [1.54, 1.807) is 18.2 Å².